The lowest BCUT2D eigenvalue weighted by molar-refractivity contribution is 0.783. The third kappa shape index (κ3) is 2.73. The van der Waals surface area contributed by atoms with E-state index in [9.17, 15) is 0 Å². The molecular formula is C20H20N2. The number of aromatic nitrogens is 2. The largest absolute Gasteiger partial charge is 0.327 e. The summed E-state index contributed by atoms with van der Waals surface area (Å²) >= 11 is 0. The van der Waals surface area contributed by atoms with Gasteiger partial charge >= 0.3 is 0 Å². The molecule has 0 N–H and O–H groups in total. The Morgan fingerprint density at radius 2 is 1.82 bits per heavy atom. The molecule has 1 heterocycles. The Morgan fingerprint density at radius 1 is 1.05 bits per heavy atom. The first-order valence-electron chi connectivity index (χ1n) is 7.47. The maximum absolute atomic E-state index is 4.52. The van der Waals surface area contributed by atoms with Gasteiger partial charge in [-0.1, -0.05) is 55.1 Å². The average molecular weight is 288 g/mol. The van der Waals surface area contributed by atoms with E-state index in [0.29, 0.717) is 0 Å². The monoisotopic (exact) mass is 288 g/mol. The van der Waals surface area contributed by atoms with Gasteiger partial charge in [0, 0.05) is 24.5 Å². The summed E-state index contributed by atoms with van der Waals surface area (Å²) in [5.41, 5.74) is 5.94. The molecule has 0 aliphatic rings. The van der Waals surface area contributed by atoms with E-state index in [1.807, 2.05) is 18.5 Å². The summed E-state index contributed by atoms with van der Waals surface area (Å²) in [5, 5.41) is 0. The zero-order chi connectivity index (χ0) is 15.5. The summed E-state index contributed by atoms with van der Waals surface area (Å²) < 4.78 is 2.15. The summed E-state index contributed by atoms with van der Waals surface area (Å²) in [6, 6.07) is 16.7. The molecule has 0 aliphatic carbocycles. The number of imidazole rings is 1. The van der Waals surface area contributed by atoms with Crippen molar-refractivity contribution in [2.45, 2.75) is 20.4 Å². The first-order chi connectivity index (χ1) is 10.7. The van der Waals surface area contributed by atoms with Crippen LogP contribution >= 0.6 is 0 Å². The van der Waals surface area contributed by atoms with Crippen molar-refractivity contribution in [1.29, 1.82) is 0 Å². The van der Waals surface area contributed by atoms with E-state index in [1.165, 1.54) is 22.3 Å². The molecule has 0 saturated heterocycles. The van der Waals surface area contributed by atoms with E-state index >= 15 is 0 Å². The highest BCUT2D eigenvalue weighted by molar-refractivity contribution is 5.77. The Balaban J connectivity index is 1.95. The minimum Gasteiger partial charge on any atom is -0.327 e. The second kappa shape index (κ2) is 6.02. The van der Waals surface area contributed by atoms with E-state index in [2.05, 4.69) is 72.4 Å². The van der Waals surface area contributed by atoms with Crippen LogP contribution in [0.1, 0.15) is 28.1 Å². The first kappa shape index (κ1) is 14.3. The van der Waals surface area contributed by atoms with Crippen LogP contribution in [-0.4, -0.2) is 9.55 Å². The van der Waals surface area contributed by atoms with E-state index in [0.717, 1.165) is 17.9 Å². The maximum atomic E-state index is 4.52. The predicted molar refractivity (Wildman–Crippen MR) is 91.8 cm³/mol. The van der Waals surface area contributed by atoms with Crippen molar-refractivity contribution in [3.63, 3.8) is 0 Å². The van der Waals surface area contributed by atoms with Gasteiger partial charge in [0.2, 0.25) is 0 Å². The number of nitrogens with zero attached hydrogens (tertiary/aromatic N) is 2. The molecule has 3 rings (SSSR count). The molecule has 0 atom stereocenters. The minimum absolute atomic E-state index is 0.806. The second-order valence-corrected chi connectivity index (χ2v) is 5.59. The van der Waals surface area contributed by atoms with Crippen LogP contribution in [0.2, 0.25) is 0 Å². The lowest BCUT2D eigenvalue weighted by Gasteiger charge is -2.13. The van der Waals surface area contributed by atoms with Crippen LogP contribution < -0.4 is 0 Å². The van der Waals surface area contributed by atoms with E-state index < -0.39 is 0 Å². The molecule has 1 aromatic heterocycles. The zero-order valence-corrected chi connectivity index (χ0v) is 13.1. The molecule has 0 bridgehead atoms. The molecule has 0 radical (unpaired) electrons. The van der Waals surface area contributed by atoms with Gasteiger partial charge in [0.05, 0.1) is 0 Å². The van der Waals surface area contributed by atoms with E-state index in [1.54, 1.807) is 0 Å². The quantitative estimate of drug-likeness (QED) is 0.685. The number of benzene rings is 2. The minimum atomic E-state index is 0.806. The number of rotatable bonds is 4. The number of aryl methyl sites for hydroxylation is 1. The molecular weight excluding hydrogens is 268 g/mol. The van der Waals surface area contributed by atoms with Gasteiger partial charge in [-0.2, -0.15) is 0 Å². The first-order valence-corrected chi connectivity index (χ1v) is 7.47. The molecule has 0 aliphatic heterocycles. The van der Waals surface area contributed by atoms with Gasteiger partial charge in [-0.3, -0.25) is 0 Å². The third-order valence-electron chi connectivity index (χ3n) is 4.11. The lowest BCUT2D eigenvalue weighted by atomic mass is 9.97. The average Bonchev–Trinajstić information content (AvgIpc) is 2.98. The highest BCUT2D eigenvalue weighted by Crippen LogP contribution is 2.25. The fraction of sp³-hybridized carbons (Fsp3) is 0.150. The van der Waals surface area contributed by atoms with Crippen molar-refractivity contribution in [2.24, 2.45) is 0 Å². The Bertz CT molecular complexity index is 798. The lowest BCUT2D eigenvalue weighted by Crippen LogP contribution is -2.05. The van der Waals surface area contributed by atoms with E-state index in [4.69, 9.17) is 0 Å². The molecule has 0 fully saturated rings. The Hall–Kier alpha value is -2.61. The van der Waals surface area contributed by atoms with Crippen LogP contribution in [0.3, 0.4) is 0 Å². The van der Waals surface area contributed by atoms with Crippen molar-refractivity contribution in [3.8, 4) is 0 Å². The SMILES string of the molecule is C=C(c1cccc(C)c1C)c1nccn1Cc1ccccc1. The third-order valence-corrected chi connectivity index (χ3v) is 4.11. The van der Waals surface area contributed by atoms with Crippen LogP contribution in [0.25, 0.3) is 5.57 Å². The topological polar surface area (TPSA) is 17.8 Å². The summed E-state index contributed by atoms with van der Waals surface area (Å²) in [4.78, 5) is 4.52. The molecule has 0 spiro atoms. The van der Waals surface area contributed by atoms with E-state index in [-0.39, 0.29) is 0 Å². The van der Waals surface area contributed by atoms with Gasteiger partial charge in [-0.05, 0) is 36.1 Å². The van der Waals surface area contributed by atoms with Crippen LogP contribution in [0.5, 0.6) is 0 Å². The summed E-state index contributed by atoms with van der Waals surface area (Å²) in [6.07, 6.45) is 3.85. The maximum Gasteiger partial charge on any atom is 0.140 e. The zero-order valence-electron chi connectivity index (χ0n) is 13.1. The van der Waals surface area contributed by atoms with Gasteiger partial charge < -0.3 is 4.57 Å². The van der Waals surface area contributed by atoms with Crippen LogP contribution in [-0.2, 0) is 6.54 Å². The fourth-order valence-corrected chi connectivity index (χ4v) is 2.69. The summed E-state index contributed by atoms with van der Waals surface area (Å²) in [5.74, 6) is 0.928. The fourth-order valence-electron chi connectivity index (χ4n) is 2.69. The molecule has 2 nitrogen and oxygen atoms in total. The molecule has 2 aromatic carbocycles. The smallest absolute Gasteiger partial charge is 0.140 e. The standard InChI is InChI=1S/C20H20N2/c1-15-8-7-11-19(16(15)2)17(3)20-21-12-13-22(20)14-18-9-5-4-6-10-18/h4-13H,3,14H2,1-2H3. The normalized spacial score (nSPS) is 10.6. The highest BCUT2D eigenvalue weighted by Gasteiger charge is 2.12. The Labute approximate surface area is 131 Å². The molecule has 110 valence electrons. The van der Waals surface area contributed by atoms with Crippen LogP contribution in [0.15, 0.2) is 67.5 Å². The molecule has 0 amide bonds. The van der Waals surface area contributed by atoms with Crippen molar-refractivity contribution in [1.82, 2.24) is 9.55 Å². The van der Waals surface area contributed by atoms with Gasteiger partial charge in [-0.15, -0.1) is 0 Å². The highest BCUT2D eigenvalue weighted by atomic mass is 15.1. The van der Waals surface area contributed by atoms with Crippen molar-refractivity contribution >= 4 is 5.57 Å². The molecule has 3 aromatic rings. The van der Waals surface area contributed by atoms with Crippen LogP contribution in [0.4, 0.5) is 0 Å². The Morgan fingerprint density at radius 3 is 2.59 bits per heavy atom. The molecule has 0 unspecified atom stereocenters. The summed E-state index contributed by atoms with van der Waals surface area (Å²) in [6.45, 7) is 9.36. The van der Waals surface area contributed by atoms with Gasteiger partial charge in [-0.25, -0.2) is 4.98 Å². The van der Waals surface area contributed by atoms with Gasteiger partial charge in [0.25, 0.3) is 0 Å². The number of hydrogen-bond acceptors (Lipinski definition) is 1. The van der Waals surface area contributed by atoms with Crippen LogP contribution in [0, 0.1) is 13.8 Å². The molecule has 22 heavy (non-hydrogen) atoms. The summed E-state index contributed by atoms with van der Waals surface area (Å²) in [7, 11) is 0. The van der Waals surface area contributed by atoms with Gasteiger partial charge in [0.15, 0.2) is 0 Å². The predicted octanol–water partition coefficient (Wildman–Crippen LogP) is 4.61. The molecule has 0 saturated carbocycles. The van der Waals surface area contributed by atoms with Crippen molar-refractivity contribution < 1.29 is 0 Å². The van der Waals surface area contributed by atoms with Crippen molar-refractivity contribution in [2.75, 3.05) is 0 Å². The molecule has 2 heteroatoms. The Kier molecular flexibility index (Phi) is 3.92. The second-order valence-electron chi connectivity index (χ2n) is 5.59. The number of hydrogen-bond donors (Lipinski definition) is 0. The van der Waals surface area contributed by atoms with Gasteiger partial charge in [0.1, 0.15) is 5.82 Å². The van der Waals surface area contributed by atoms with Crippen molar-refractivity contribution in [3.05, 3.63) is 95.6 Å².